The van der Waals surface area contributed by atoms with Crippen molar-refractivity contribution in [2.45, 2.75) is 37.8 Å². The van der Waals surface area contributed by atoms with Crippen molar-refractivity contribution in [1.82, 2.24) is 4.72 Å². The van der Waals surface area contributed by atoms with Gasteiger partial charge in [0.25, 0.3) is 15.9 Å². The molecule has 0 saturated heterocycles. The van der Waals surface area contributed by atoms with E-state index in [4.69, 9.17) is 0 Å². The van der Waals surface area contributed by atoms with Gasteiger partial charge in [-0.2, -0.15) is 0 Å². The third-order valence-corrected chi connectivity index (χ3v) is 6.69. The van der Waals surface area contributed by atoms with Gasteiger partial charge >= 0.3 is 0 Å². The highest BCUT2D eigenvalue weighted by Gasteiger charge is 2.26. The van der Waals surface area contributed by atoms with Crippen LogP contribution in [0, 0.1) is 11.6 Å². The van der Waals surface area contributed by atoms with Crippen LogP contribution in [-0.2, 0) is 21.2 Å². The summed E-state index contributed by atoms with van der Waals surface area (Å²) in [7, 11) is -4.03. The van der Waals surface area contributed by atoms with Crippen LogP contribution in [0.4, 0.5) is 8.78 Å². The Hall–Kier alpha value is -2.39. The van der Waals surface area contributed by atoms with Gasteiger partial charge in [0.1, 0.15) is 21.5 Å². The molecule has 1 aliphatic heterocycles. The van der Waals surface area contributed by atoms with Crippen LogP contribution in [0.2, 0.25) is 0 Å². The van der Waals surface area contributed by atoms with Crippen LogP contribution < -0.4 is 4.72 Å². The summed E-state index contributed by atoms with van der Waals surface area (Å²) in [5.74, 6) is -2.53. The number of sulfonamides is 1. The van der Waals surface area contributed by atoms with Gasteiger partial charge in [-0.15, -0.1) is 11.3 Å². The standard InChI is InChI=1S/C17H14F2N2O3S2.C2H6/c1-2-10-8-9-25-17(10)26(23,24)21-16(22)14-7-6-13(20-14)15-11(18)4-3-5-12(15)19;1-2/h3-5,7-9H,2,6H2,1H3,(H,21,22);1-2H3. The first-order valence-corrected chi connectivity index (χ1v) is 11.1. The lowest BCUT2D eigenvalue weighted by Gasteiger charge is -2.06. The van der Waals surface area contributed by atoms with Gasteiger partial charge in [0.05, 0.1) is 11.3 Å². The number of hydrogen-bond acceptors (Lipinski definition) is 5. The van der Waals surface area contributed by atoms with Crippen molar-refractivity contribution in [3.63, 3.8) is 0 Å². The number of benzene rings is 1. The summed E-state index contributed by atoms with van der Waals surface area (Å²) in [6.07, 6.45) is 1.87. The van der Waals surface area contributed by atoms with Gasteiger partial charge < -0.3 is 0 Å². The first-order valence-electron chi connectivity index (χ1n) is 8.69. The highest BCUT2D eigenvalue weighted by atomic mass is 32.2. The van der Waals surface area contributed by atoms with E-state index in [-0.39, 0.29) is 27.6 Å². The Kier molecular flexibility index (Phi) is 7.20. The first kappa shape index (κ1) is 21.9. The Morgan fingerprint density at radius 1 is 1.21 bits per heavy atom. The Morgan fingerprint density at radius 2 is 1.86 bits per heavy atom. The second-order valence-corrected chi connectivity index (χ2v) is 8.26. The summed E-state index contributed by atoms with van der Waals surface area (Å²) >= 11 is 1.01. The Labute approximate surface area is 166 Å². The van der Waals surface area contributed by atoms with Crippen molar-refractivity contribution >= 4 is 33.0 Å². The van der Waals surface area contributed by atoms with Crippen molar-refractivity contribution < 1.29 is 22.0 Å². The summed E-state index contributed by atoms with van der Waals surface area (Å²) < 4.78 is 54.5. The normalized spacial score (nSPS) is 13.3. The van der Waals surface area contributed by atoms with Crippen LogP contribution >= 0.6 is 11.3 Å². The highest BCUT2D eigenvalue weighted by molar-refractivity contribution is 7.92. The third-order valence-electron chi connectivity index (χ3n) is 3.79. The van der Waals surface area contributed by atoms with E-state index < -0.39 is 27.6 Å². The maximum Gasteiger partial charge on any atom is 0.283 e. The van der Waals surface area contributed by atoms with E-state index in [0.717, 1.165) is 23.5 Å². The zero-order valence-corrected chi connectivity index (χ0v) is 17.3. The smallest absolute Gasteiger partial charge is 0.266 e. The number of carbonyl (C=O) groups is 1. The molecule has 0 saturated carbocycles. The molecule has 0 aliphatic carbocycles. The van der Waals surface area contributed by atoms with Gasteiger partial charge in [-0.05, 0) is 41.6 Å². The second-order valence-electron chi connectivity index (χ2n) is 5.47. The lowest BCUT2D eigenvalue weighted by molar-refractivity contribution is -0.115. The van der Waals surface area contributed by atoms with Crippen molar-refractivity contribution in [2.75, 3.05) is 0 Å². The van der Waals surface area contributed by atoms with Crippen molar-refractivity contribution in [3.05, 3.63) is 64.2 Å². The number of hydrogen-bond donors (Lipinski definition) is 1. The fourth-order valence-electron chi connectivity index (χ4n) is 2.55. The summed E-state index contributed by atoms with van der Waals surface area (Å²) in [5.41, 5.74) is 0.128. The monoisotopic (exact) mass is 426 g/mol. The molecule has 1 aromatic heterocycles. The van der Waals surface area contributed by atoms with Gasteiger partial charge in [-0.1, -0.05) is 26.8 Å². The number of halogens is 2. The molecule has 150 valence electrons. The number of nitrogens with one attached hydrogen (secondary N) is 1. The van der Waals surface area contributed by atoms with Gasteiger partial charge in [-0.25, -0.2) is 26.9 Å². The molecule has 1 aromatic carbocycles. The van der Waals surface area contributed by atoms with Crippen LogP contribution in [0.3, 0.4) is 0 Å². The average molecular weight is 427 g/mol. The number of nitrogens with zero attached hydrogens (tertiary/aromatic N) is 1. The minimum atomic E-state index is -4.03. The van der Waals surface area contributed by atoms with Gasteiger partial charge in [0.2, 0.25) is 0 Å². The van der Waals surface area contributed by atoms with Gasteiger partial charge in [-0.3, -0.25) is 4.79 Å². The molecule has 0 radical (unpaired) electrons. The molecule has 0 atom stereocenters. The van der Waals surface area contributed by atoms with E-state index in [0.29, 0.717) is 12.0 Å². The number of allylic oxidation sites excluding steroid dienone is 1. The molecule has 0 bridgehead atoms. The Bertz CT molecular complexity index is 1020. The third kappa shape index (κ3) is 4.53. The van der Waals surface area contributed by atoms with Crippen LogP contribution in [-0.4, -0.2) is 20.0 Å². The van der Waals surface area contributed by atoms with Crippen LogP contribution in [0.15, 0.2) is 50.6 Å². The molecular formula is C19H20F2N2O3S2. The van der Waals surface area contributed by atoms with Crippen molar-refractivity contribution in [3.8, 4) is 0 Å². The molecule has 0 fully saturated rings. The molecule has 0 unspecified atom stereocenters. The lowest BCUT2D eigenvalue weighted by Crippen LogP contribution is -2.31. The first-order chi connectivity index (χ1) is 13.3. The molecule has 3 rings (SSSR count). The second kappa shape index (κ2) is 9.20. The van der Waals surface area contributed by atoms with E-state index in [9.17, 15) is 22.0 Å². The van der Waals surface area contributed by atoms with E-state index >= 15 is 0 Å². The number of carbonyl (C=O) groups excluding carboxylic acids is 1. The largest absolute Gasteiger partial charge is 0.283 e. The average Bonchev–Trinajstić information content (AvgIpc) is 3.33. The molecule has 28 heavy (non-hydrogen) atoms. The molecule has 9 heteroatoms. The van der Waals surface area contributed by atoms with E-state index in [1.165, 1.54) is 12.1 Å². The number of thiophene rings is 1. The predicted molar refractivity (Wildman–Crippen MR) is 106 cm³/mol. The quantitative estimate of drug-likeness (QED) is 0.779. The molecular weight excluding hydrogens is 406 g/mol. The van der Waals surface area contributed by atoms with E-state index in [1.807, 2.05) is 25.5 Å². The number of rotatable bonds is 5. The topological polar surface area (TPSA) is 75.6 Å². The minimum absolute atomic E-state index is 0.0276. The molecule has 0 spiro atoms. The van der Waals surface area contributed by atoms with Crippen LogP contribution in [0.5, 0.6) is 0 Å². The zero-order chi connectivity index (χ0) is 20.9. The summed E-state index contributed by atoms with van der Waals surface area (Å²) in [6, 6.07) is 5.08. The van der Waals surface area contributed by atoms with Crippen molar-refractivity contribution in [2.24, 2.45) is 4.99 Å². The Morgan fingerprint density at radius 3 is 2.46 bits per heavy atom. The van der Waals surface area contributed by atoms with Gasteiger partial charge in [0.15, 0.2) is 0 Å². The molecule has 1 amide bonds. The van der Waals surface area contributed by atoms with Crippen LogP contribution in [0.25, 0.3) is 0 Å². The SMILES string of the molecule is CC.CCc1ccsc1S(=O)(=O)NC(=O)C1=CCC(c2c(F)cccc2F)=N1. The maximum atomic E-state index is 13.8. The highest BCUT2D eigenvalue weighted by Crippen LogP contribution is 2.25. The Balaban J connectivity index is 0.00000136. The fraction of sp³-hybridized carbons (Fsp3) is 0.263. The summed E-state index contributed by atoms with van der Waals surface area (Å²) in [5, 5.41) is 1.63. The summed E-state index contributed by atoms with van der Waals surface area (Å²) in [4.78, 5) is 16.2. The van der Waals surface area contributed by atoms with Crippen molar-refractivity contribution in [1.29, 1.82) is 0 Å². The van der Waals surface area contributed by atoms with E-state index in [1.54, 1.807) is 11.4 Å². The minimum Gasteiger partial charge on any atom is -0.266 e. The molecule has 2 heterocycles. The molecule has 1 aliphatic rings. The van der Waals surface area contributed by atoms with Crippen LogP contribution in [0.1, 0.15) is 38.3 Å². The predicted octanol–water partition coefficient (Wildman–Crippen LogP) is 4.20. The number of aliphatic imine (C=N–C) groups is 1. The lowest BCUT2D eigenvalue weighted by atomic mass is 10.1. The number of aryl methyl sites for hydroxylation is 1. The maximum absolute atomic E-state index is 13.8. The fourth-order valence-corrected chi connectivity index (χ4v) is 5.06. The van der Waals surface area contributed by atoms with Gasteiger partial charge in [0, 0.05) is 6.42 Å². The number of amides is 1. The summed E-state index contributed by atoms with van der Waals surface area (Å²) in [6.45, 7) is 5.81. The molecule has 5 nitrogen and oxygen atoms in total. The zero-order valence-electron chi connectivity index (χ0n) is 15.6. The molecule has 1 N–H and O–H groups in total. The molecule has 2 aromatic rings. The van der Waals surface area contributed by atoms with E-state index in [2.05, 4.69) is 4.99 Å².